The first-order valence-corrected chi connectivity index (χ1v) is 7.35. The van der Waals surface area contributed by atoms with Gasteiger partial charge in [0, 0.05) is 18.8 Å². The van der Waals surface area contributed by atoms with E-state index in [0.717, 1.165) is 25.9 Å². The third-order valence-corrected chi connectivity index (χ3v) is 4.06. The van der Waals surface area contributed by atoms with Crippen LogP contribution in [0.1, 0.15) is 19.8 Å². The molecule has 2 N–H and O–H groups in total. The van der Waals surface area contributed by atoms with Gasteiger partial charge in [0.2, 0.25) is 10.0 Å². The number of likely N-dealkylation sites (N-methyl/N-ethyl adjacent to an activating group) is 1. The summed E-state index contributed by atoms with van der Waals surface area (Å²) in [5, 5.41) is 7.20. The Bertz CT molecular complexity index is 464. The molecule has 1 heterocycles. The van der Waals surface area contributed by atoms with Crippen molar-refractivity contribution in [3.63, 3.8) is 0 Å². The molecule has 0 bridgehead atoms. The molecule has 1 aromatic heterocycles. The van der Waals surface area contributed by atoms with Crippen molar-refractivity contribution in [3.8, 4) is 0 Å². The molecule has 0 saturated heterocycles. The SMILES string of the molecule is CCNCCn1cc(S(=O)(=O)NC2CC2)cn1. The van der Waals surface area contributed by atoms with Crippen molar-refractivity contribution in [2.45, 2.75) is 37.2 Å². The van der Waals surface area contributed by atoms with Crippen molar-refractivity contribution in [2.24, 2.45) is 0 Å². The number of nitrogens with one attached hydrogen (secondary N) is 2. The van der Waals surface area contributed by atoms with Gasteiger partial charge >= 0.3 is 0 Å². The molecule has 17 heavy (non-hydrogen) atoms. The maximum absolute atomic E-state index is 11.8. The molecule has 1 fully saturated rings. The lowest BCUT2D eigenvalue weighted by Crippen LogP contribution is -2.25. The van der Waals surface area contributed by atoms with Gasteiger partial charge in [-0.05, 0) is 19.4 Å². The molecule has 0 unspecified atom stereocenters. The maximum atomic E-state index is 11.8. The highest BCUT2D eigenvalue weighted by Crippen LogP contribution is 2.21. The van der Waals surface area contributed by atoms with E-state index in [1.54, 1.807) is 10.9 Å². The topological polar surface area (TPSA) is 76.0 Å². The summed E-state index contributed by atoms with van der Waals surface area (Å²) in [7, 11) is -3.36. The Labute approximate surface area is 101 Å². The largest absolute Gasteiger partial charge is 0.315 e. The van der Waals surface area contributed by atoms with Crippen LogP contribution in [0.4, 0.5) is 0 Å². The second-order valence-electron chi connectivity index (χ2n) is 4.19. The zero-order valence-electron chi connectivity index (χ0n) is 9.89. The summed E-state index contributed by atoms with van der Waals surface area (Å²) in [5.74, 6) is 0. The number of nitrogens with zero attached hydrogens (tertiary/aromatic N) is 2. The first kappa shape index (κ1) is 12.5. The molecule has 96 valence electrons. The number of hydrogen-bond donors (Lipinski definition) is 2. The smallest absolute Gasteiger partial charge is 0.243 e. The molecule has 0 radical (unpaired) electrons. The van der Waals surface area contributed by atoms with Gasteiger partial charge < -0.3 is 5.32 Å². The lowest BCUT2D eigenvalue weighted by molar-refractivity contribution is 0.562. The lowest BCUT2D eigenvalue weighted by atomic mass is 10.6. The Morgan fingerprint density at radius 2 is 2.29 bits per heavy atom. The quantitative estimate of drug-likeness (QED) is 0.671. The van der Waals surface area contributed by atoms with Crippen LogP contribution in [0.3, 0.4) is 0 Å². The van der Waals surface area contributed by atoms with Crippen molar-refractivity contribution in [3.05, 3.63) is 12.4 Å². The zero-order chi connectivity index (χ0) is 12.3. The Balaban J connectivity index is 1.96. The normalized spacial score (nSPS) is 16.3. The highest BCUT2D eigenvalue weighted by Gasteiger charge is 2.28. The van der Waals surface area contributed by atoms with Crippen LogP contribution in [0, 0.1) is 0 Å². The number of hydrogen-bond acceptors (Lipinski definition) is 4. The van der Waals surface area contributed by atoms with Gasteiger partial charge in [0.05, 0.1) is 12.7 Å². The highest BCUT2D eigenvalue weighted by molar-refractivity contribution is 7.89. The minimum atomic E-state index is -3.36. The van der Waals surface area contributed by atoms with Gasteiger partial charge in [0.15, 0.2) is 0 Å². The molecule has 6 nitrogen and oxygen atoms in total. The maximum Gasteiger partial charge on any atom is 0.243 e. The van der Waals surface area contributed by atoms with E-state index in [-0.39, 0.29) is 10.9 Å². The molecule has 1 saturated carbocycles. The van der Waals surface area contributed by atoms with Gasteiger partial charge in [-0.15, -0.1) is 0 Å². The summed E-state index contributed by atoms with van der Waals surface area (Å²) in [6, 6.07) is 0.130. The molecular formula is C10H18N4O2S. The van der Waals surface area contributed by atoms with Crippen LogP contribution < -0.4 is 10.0 Å². The number of aromatic nitrogens is 2. The Hall–Kier alpha value is -0.920. The third-order valence-electron chi connectivity index (χ3n) is 2.59. The van der Waals surface area contributed by atoms with Crippen LogP contribution in [0.2, 0.25) is 0 Å². The van der Waals surface area contributed by atoms with E-state index in [2.05, 4.69) is 15.1 Å². The summed E-state index contributed by atoms with van der Waals surface area (Å²) in [6.07, 6.45) is 4.85. The molecule has 0 aromatic carbocycles. The second kappa shape index (κ2) is 5.16. The van der Waals surface area contributed by atoms with Crippen LogP contribution in [0.5, 0.6) is 0 Å². The summed E-state index contributed by atoms with van der Waals surface area (Å²) in [4.78, 5) is 0.251. The van der Waals surface area contributed by atoms with Crippen LogP contribution >= 0.6 is 0 Å². The van der Waals surface area contributed by atoms with E-state index in [1.807, 2.05) is 6.92 Å². The van der Waals surface area contributed by atoms with E-state index >= 15 is 0 Å². The molecule has 0 atom stereocenters. The first-order valence-electron chi connectivity index (χ1n) is 5.87. The summed E-state index contributed by atoms with van der Waals surface area (Å²) in [6.45, 7) is 4.38. The minimum Gasteiger partial charge on any atom is -0.315 e. The van der Waals surface area contributed by atoms with Gasteiger partial charge in [-0.25, -0.2) is 13.1 Å². The van der Waals surface area contributed by atoms with Crippen LogP contribution in [0.25, 0.3) is 0 Å². The lowest BCUT2D eigenvalue weighted by Gasteiger charge is -2.02. The predicted molar refractivity (Wildman–Crippen MR) is 64.1 cm³/mol. The van der Waals surface area contributed by atoms with Gasteiger partial charge in [-0.2, -0.15) is 5.10 Å². The van der Waals surface area contributed by atoms with E-state index < -0.39 is 10.0 Å². The van der Waals surface area contributed by atoms with Crippen LogP contribution in [0.15, 0.2) is 17.3 Å². The highest BCUT2D eigenvalue weighted by atomic mass is 32.2. The average molecular weight is 258 g/mol. The van der Waals surface area contributed by atoms with E-state index in [9.17, 15) is 8.42 Å². The minimum absolute atomic E-state index is 0.130. The van der Waals surface area contributed by atoms with Crippen LogP contribution in [-0.2, 0) is 16.6 Å². The standard InChI is InChI=1S/C10H18N4O2S/c1-2-11-5-6-14-8-10(7-12-14)17(15,16)13-9-3-4-9/h7-9,11,13H,2-6H2,1H3. The van der Waals surface area contributed by atoms with Gasteiger partial charge in [0.1, 0.15) is 4.90 Å². The molecule has 0 spiro atoms. The fourth-order valence-electron chi connectivity index (χ4n) is 1.46. The number of rotatable bonds is 7. The Morgan fingerprint density at radius 1 is 1.53 bits per heavy atom. The first-order chi connectivity index (χ1) is 8.12. The molecular weight excluding hydrogens is 240 g/mol. The molecule has 0 amide bonds. The fourth-order valence-corrected chi connectivity index (χ4v) is 2.72. The summed E-state index contributed by atoms with van der Waals surface area (Å²) < 4.78 is 28.0. The van der Waals surface area contributed by atoms with Crippen molar-refractivity contribution in [2.75, 3.05) is 13.1 Å². The van der Waals surface area contributed by atoms with Crippen molar-refractivity contribution >= 4 is 10.0 Å². The molecule has 1 aliphatic carbocycles. The van der Waals surface area contributed by atoms with Gasteiger partial charge in [0.25, 0.3) is 0 Å². The van der Waals surface area contributed by atoms with E-state index in [0.29, 0.717) is 6.54 Å². The van der Waals surface area contributed by atoms with Gasteiger partial charge in [-0.1, -0.05) is 6.92 Å². The summed E-state index contributed by atoms with van der Waals surface area (Å²) in [5.41, 5.74) is 0. The molecule has 0 aliphatic heterocycles. The monoisotopic (exact) mass is 258 g/mol. The van der Waals surface area contributed by atoms with Crippen molar-refractivity contribution in [1.82, 2.24) is 19.8 Å². The van der Waals surface area contributed by atoms with Crippen molar-refractivity contribution < 1.29 is 8.42 Å². The predicted octanol–water partition coefficient (Wildman–Crippen LogP) is -0.0667. The molecule has 1 aromatic rings. The molecule has 7 heteroatoms. The number of sulfonamides is 1. The van der Waals surface area contributed by atoms with Crippen LogP contribution in [-0.4, -0.2) is 37.3 Å². The van der Waals surface area contributed by atoms with E-state index in [4.69, 9.17) is 0 Å². The Kier molecular flexibility index (Phi) is 3.80. The summed E-state index contributed by atoms with van der Waals surface area (Å²) >= 11 is 0. The molecule has 1 aliphatic rings. The second-order valence-corrected chi connectivity index (χ2v) is 5.90. The van der Waals surface area contributed by atoms with Gasteiger partial charge in [-0.3, -0.25) is 4.68 Å². The average Bonchev–Trinajstić information content (AvgIpc) is 2.94. The van der Waals surface area contributed by atoms with E-state index in [1.165, 1.54) is 6.20 Å². The third kappa shape index (κ3) is 3.52. The zero-order valence-corrected chi connectivity index (χ0v) is 10.7. The Morgan fingerprint density at radius 3 is 2.94 bits per heavy atom. The molecule has 2 rings (SSSR count). The van der Waals surface area contributed by atoms with Crippen molar-refractivity contribution in [1.29, 1.82) is 0 Å². The fraction of sp³-hybridized carbons (Fsp3) is 0.700.